The van der Waals surface area contributed by atoms with Crippen LogP contribution in [0.1, 0.15) is 28.8 Å². The fraction of sp³-hybridized carbons (Fsp3) is 0.273. The number of nitrogens with two attached hydrogens (primary N) is 1. The lowest BCUT2D eigenvalue weighted by Crippen LogP contribution is -2.14. The Morgan fingerprint density at radius 3 is 2.75 bits per heavy atom. The Morgan fingerprint density at radius 1 is 1.38 bits per heavy atom. The van der Waals surface area contributed by atoms with Crippen molar-refractivity contribution in [2.45, 2.75) is 19.9 Å². The van der Waals surface area contributed by atoms with Crippen LogP contribution in [-0.2, 0) is 0 Å². The van der Waals surface area contributed by atoms with E-state index >= 15 is 0 Å². The zero-order chi connectivity index (χ0) is 11.7. The number of furan rings is 1. The van der Waals surface area contributed by atoms with Crippen LogP contribution in [0.2, 0.25) is 0 Å². The van der Waals surface area contributed by atoms with Gasteiger partial charge in [0.2, 0.25) is 0 Å². The van der Waals surface area contributed by atoms with Crippen LogP contribution >= 0.6 is 15.9 Å². The fourth-order valence-electron chi connectivity index (χ4n) is 1.55. The van der Waals surface area contributed by atoms with Gasteiger partial charge in [0, 0.05) is 5.56 Å². The van der Waals surface area contributed by atoms with Crippen LogP contribution in [0, 0.1) is 13.8 Å². The topological polar surface area (TPSA) is 64.9 Å². The second-order valence-electron chi connectivity index (χ2n) is 3.64. The molecule has 0 saturated heterocycles. The molecule has 2 rings (SSSR count). The maximum atomic E-state index is 6.14. The van der Waals surface area contributed by atoms with Crippen molar-refractivity contribution in [1.82, 2.24) is 10.2 Å². The number of rotatable bonds is 2. The molecule has 0 aromatic carbocycles. The van der Waals surface area contributed by atoms with Crippen LogP contribution in [0.4, 0.5) is 0 Å². The second-order valence-corrected chi connectivity index (χ2v) is 4.49. The van der Waals surface area contributed by atoms with Crippen molar-refractivity contribution in [3.8, 4) is 0 Å². The van der Waals surface area contributed by atoms with Gasteiger partial charge in [0.1, 0.15) is 5.76 Å². The van der Waals surface area contributed by atoms with Crippen LogP contribution in [-0.4, -0.2) is 10.2 Å². The summed E-state index contributed by atoms with van der Waals surface area (Å²) in [6.07, 6.45) is 1.61. The molecule has 0 aliphatic carbocycles. The van der Waals surface area contributed by atoms with Crippen LogP contribution in [0.3, 0.4) is 0 Å². The van der Waals surface area contributed by atoms with Gasteiger partial charge in [-0.25, -0.2) is 0 Å². The van der Waals surface area contributed by atoms with Gasteiger partial charge in [-0.2, -0.15) is 10.2 Å². The number of nitrogens with zero attached hydrogens (tertiary/aromatic N) is 2. The van der Waals surface area contributed by atoms with E-state index in [0.29, 0.717) is 5.76 Å². The molecular weight excluding hydrogens is 270 g/mol. The van der Waals surface area contributed by atoms with Crippen molar-refractivity contribution in [2.24, 2.45) is 5.73 Å². The Bertz CT molecular complexity index is 510. The Kier molecular flexibility index (Phi) is 3.07. The summed E-state index contributed by atoms with van der Waals surface area (Å²) in [6.45, 7) is 3.78. The molecule has 2 aromatic rings. The number of aryl methyl sites for hydroxylation is 2. The fourth-order valence-corrected chi connectivity index (χ4v) is 2.00. The van der Waals surface area contributed by atoms with Gasteiger partial charge in [-0.3, -0.25) is 0 Å². The molecule has 1 atom stereocenters. The van der Waals surface area contributed by atoms with Crippen molar-refractivity contribution in [1.29, 1.82) is 0 Å². The van der Waals surface area contributed by atoms with E-state index in [9.17, 15) is 0 Å². The van der Waals surface area contributed by atoms with Crippen molar-refractivity contribution in [3.63, 3.8) is 0 Å². The molecule has 0 radical (unpaired) electrons. The van der Waals surface area contributed by atoms with Crippen molar-refractivity contribution < 1.29 is 4.42 Å². The first-order valence-electron chi connectivity index (χ1n) is 4.89. The minimum atomic E-state index is -0.321. The third kappa shape index (κ3) is 2.01. The number of hydrogen-bond donors (Lipinski definition) is 1. The molecule has 0 saturated carbocycles. The lowest BCUT2D eigenvalue weighted by Gasteiger charge is -2.12. The highest BCUT2D eigenvalue weighted by Gasteiger charge is 2.18. The Balaban J connectivity index is 2.45. The summed E-state index contributed by atoms with van der Waals surface area (Å²) in [5.74, 6) is 0.704. The standard InChI is InChI=1S/C11H12BrN3O/c1-6-5-8(7(2)15-14-6)10(13)11-9(12)3-4-16-11/h3-5,10H,13H2,1-2H3. The molecular formula is C11H12BrN3O. The van der Waals surface area contributed by atoms with E-state index in [1.54, 1.807) is 6.26 Å². The average Bonchev–Trinajstić information content (AvgIpc) is 2.67. The van der Waals surface area contributed by atoms with Gasteiger partial charge in [0.05, 0.1) is 28.2 Å². The van der Waals surface area contributed by atoms with E-state index in [1.807, 2.05) is 26.0 Å². The SMILES string of the molecule is Cc1cc(C(N)c2occc2Br)c(C)nn1. The first-order chi connectivity index (χ1) is 7.59. The molecule has 2 heterocycles. The molecule has 0 amide bonds. The number of hydrogen-bond acceptors (Lipinski definition) is 4. The first-order valence-corrected chi connectivity index (χ1v) is 5.68. The van der Waals surface area contributed by atoms with Gasteiger partial charge < -0.3 is 10.2 Å². The molecule has 0 fully saturated rings. The summed E-state index contributed by atoms with van der Waals surface area (Å²) in [6, 6.07) is 3.44. The first kappa shape index (κ1) is 11.3. The molecule has 0 spiro atoms. The predicted octanol–water partition coefficient (Wildman–Crippen LogP) is 2.50. The third-order valence-electron chi connectivity index (χ3n) is 2.40. The highest BCUT2D eigenvalue weighted by molar-refractivity contribution is 9.10. The molecule has 16 heavy (non-hydrogen) atoms. The molecule has 2 N–H and O–H groups in total. The molecule has 1 unspecified atom stereocenters. The van der Waals surface area contributed by atoms with Gasteiger partial charge in [-0.15, -0.1) is 0 Å². The minimum absolute atomic E-state index is 0.321. The number of aromatic nitrogens is 2. The highest BCUT2D eigenvalue weighted by atomic mass is 79.9. The predicted molar refractivity (Wildman–Crippen MR) is 63.9 cm³/mol. The van der Waals surface area contributed by atoms with Gasteiger partial charge >= 0.3 is 0 Å². The molecule has 4 nitrogen and oxygen atoms in total. The Morgan fingerprint density at radius 2 is 2.12 bits per heavy atom. The van der Waals surface area contributed by atoms with Gasteiger partial charge in [-0.1, -0.05) is 0 Å². The average molecular weight is 282 g/mol. The maximum absolute atomic E-state index is 6.14. The summed E-state index contributed by atoms with van der Waals surface area (Å²) in [7, 11) is 0. The molecule has 0 bridgehead atoms. The zero-order valence-electron chi connectivity index (χ0n) is 9.07. The number of halogens is 1. The molecule has 5 heteroatoms. The normalized spacial score (nSPS) is 12.8. The lowest BCUT2D eigenvalue weighted by molar-refractivity contribution is 0.485. The van der Waals surface area contributed by atoms with Crippen molar-refractivity contribution in [2.75, 3.05) is 0 Å². The summed E-state index contributed by atoms with van der Waals surface area (Å²) in [5, 5.41) is 8.03. The Hall–Kier alpha value is -1.20. The van der Waals surface area contributed by atoms with Crippen LogP contribution in [0.5, 0.6) is 0 Å². The summed E-state index contributed by atoms with van der Waals surface area (Å²) < 4.78 is 6.22. The van der Waals surface area contributed by atoms with Crippen LogP contribution in [0.15, 0.2) is 27.3 Å². The maximum Gasteiger partial charge on any atom is 0.139 e. The minimum Gasteiger partial charge on any atom is -0.466 e. The van der Waals surface area contributed by atoms with E-state index in [0.717, 1.165) is 21.4 Å². The summed E-state index contributed by atoms with van der Waals surface area (Å²) in [5.41, 5.74) is 8.74. The van der Waals surface area contributed by atoms with Gasteiger partial charge in [-0.05, 0) is 41.9 Å². The molecule has 0 aliphatic rings. The third-order valence-corrected chi connectivity index (χ3v) is 3.06. The smallest absolute Gasteiger partial charge is 0.139 e. The largest absolute Gasteiger partial charge is 0.466 e. The van der Waals surface area contributed by atoms with E-state index in [-0.39, 0.29) is 6.04 Å². The van der Waals surface area contributed by atoms with E-state index in [4.69, 9.17) is 10.2 Å². The highest BCUT2D eigenvalue weighted by Crippen LogP contribution is 2.28. The van der Waals surface area contributed by atoms with Crippen LogP contribution < -0.4 is 5.73 Å². The van der Waals surface area contributed by atoms with E-state index in [2.05, 4.69) is 26.1 Å². The van der Waals surface area contributed by atoms with Crippen molar-refractivity contribution in [3.05, 3.63) is 45.6 Å². The van der Waals surface area contributed by atoms with E-state index in [1.165, 1.54) is 0 Å². The summed E-state index contributed by atoms with van der Waals surface area (Å²) >= 11 is 3.40. The molecule has 2 aromatic heterocycles. The quantitative estimate of drug-likeness (QED) is 0.919. The molecule has 84 valence electrons. The lowest BCUT2D eigenvalue weighted by atomic mass is 10.0. The monoisotopic (exact) mass is 281 g/mol. The Labute approximate surface area is 102 Å². The van der Waals surface area contributed by atoms with Crippen LogP contribution in [0.25, 0.3) is 0 Å². The zero-order valence-corrected chi connectivity index (χ0v) is 10.7. The summed E-state index contributed by atoms with van der Waals surface area (Å²) in [4.78, 5) is 0. The molecule has 0 aliphatic heterocycles. The van der Waals surface area contributed by atoms with Gasteiger partial charge in [0.15, 0.2) is 0 Å². The second kappa shape index (κ2) is 4.35. The van der Waals surface area contributed by atoms with E-state index < -0.39 is 0 Å². The van der Waals surface area contributed by atoms with Crippen molar-refractivity contribution >= 4 is 15.9 Å². The van der Waals surface area contributed by atoms with Gasteiger partial charge in [0.25, 0.3) is 0 Å².